The lowest BCUT2D eigenvalue weighted by Gasteiger charge is -2.41. The molecule has 1 N–H and O–H groups in total. The molecule has 4 unspecified atom stereocenters. The molecule has 3 aliphatic carbocycles. The van der Waals surface area contributed by atoms with E-state index in [2.05, 4.69) is 6.58 Å². The molecule has 3 aliphatic rings. The Kier molecular flexibility index (Phi) is 5.00. The first-order chi connectivity index (χ1) is 10.4. The van der Waals surface area contributed by atoms with Crippen molar-refractivity contribution < 1.29 is 29.0 Å². The quantitative estimate of drug-likeness (QED) is 0.347. The zero-order valence-electron chi connectivity index (χ0n) is 12.5. The molecule has 3 rings (SSSR count). The third-order valence-electron chi connectivity index (χ3n) is 4.21. The topological polar surface area (TPSA) is 89.9 Å². The average molecular weight is 308 g/mol. The number of fused-ring (bicyclic) bond motifs is 2. The van der Waals surface area contributed by atoms with E-state index in [1.165, 1.54) is 6.92 Å². The van der Waals surface area contributed by atoms with E-state index in [0.29, 0.717) is 0 Å². The van der Waals surface area contributed by atoms with E-state index in [9.17, 15) is 19.5 Å². The zero-order chi connectivity index (χ0) is 16.3. The Labute approximate surface area is 128 Å². The molecule has 120 valence electrons. The summed E-state index contributed by atoms with van der Waals surface area (Å²) in [6.45, 7) is 4.82. The maximum atomic E-state index is 12.2. The highest BCUT2D eigenvalue weighted by Crippen LogP contribution is 2.45. The molecule has 22 heavy (non-hydrogen) atoms. The monoisotopic (exact) mass is 308 g/mol. The second-order valence-electron chi connectivity index (χ2n) is 5.76. The highest BCUT2D eigenvalue weighted by atomic mass is 16.6. The van der Waals surface area contributed by atoms with Gasteiger partial charge in [-0.1, -0.05) is 18.7 Å². The maximum absolute atomic E-state index is 12.2. The lowest BCUT2D eigenvalue weighted by Crippen LogP contribution is -2.45. The van der Waals surface area contributed by atoms with E-state index in [1.54, 1.807) is 0 Å². The van der Waals surface area contributed by atoms with Crippen LogP contribution in [0, 0.1) is 23.7 Å². The van der Waals surface area contributed by atoms with Crippen molar-refractivity contribution in [3.8, 4) is 0 Å². The molecule has 0 aliphatic heterocycles. The first kappa shape index (κ1) is 16.3. The molecule has 0 aromatic carbocycles. The third-order valence-corrected chi connectivity index (χ3v) is 4.21. The fourth-order valence-corrected chi connectivity index (χ4v) is 3.15. The third kappa shape index (κ3) is 3.37. The summed E-state index contributed by atoms with van der Waals surface area (Å²) in [5.74, 6) is -3.61. The van der Waals surface area contributed by atoms with Crippen LogP contribution in [0.3, 0.4) is 0 Å². The lowest BCUT2D eigenvalue weighted by molar-refractivity contribution is -0.166. The molecule has 6 nitrogen and oxygen atoms in total. The number of aliphatic carboxylic acids is 1. The summed E-state index contributed by atoms with van der Waals surface area (Å²) < 4.78 is 9.93. The molecule has 0 spiro atoms. The molecule has 1 saturated carbocycles. The molecule has 6 heteroatoms. The van der Waals surface area contributed by atoms with E-state index < -0.39 is 29.7 Å². The Morgan fingerprint density at radius 3 is 2.14 bits per heavy atom. The van der Waals surface area contributed by atoms with E-state index in [0.717, 1.165) is 12.8 Å². The summed E-state index contributed by atoms with van der Waals surface area (Å²) in [7, 11) is 0. The van der Waals surface area contributed by atoms with Gasteiger partial charge < -0.3 is 14.6 Å². The summed E-state index contributed by atoms with van der Waals surface area (Å²) in [5, 5.41) is 9.36. The molecule has 0 heterocycles. The van der Waals surface area contributed by atoms with E-state index >= 15 is 0 Å². The van der Waals surface area contributed by atoms with Gasteiger partial charge in [0.05, 0.1) is 11.8 Å². The van der Waals surface area contributed by atoms with Crippen LogP contribution in [0.25, 0.3) is 0 Å². The number of allylic oxidation sites excluding steroid dienone is 2. The Bertz CT molecular complexity index is 521. The SMILES string of the molecule is C=C(C)C(=O)OCCOC(=O)C1C2C=CC(CC2)C1C(=O)O. The number of esters is 2. The normalized spacial score (nSPS) is 29.0. The summed E-state index contributed by atoms with van der Waals surface area (Å²) in [6.07, 6.45) is 5.40. The van der Waals surface area contributed by atoms with Crippen LogP contribution in [-0.2, 0) is 23.9 Å². The Morgan fingerprint density at radius 1 is 1.09 bits per heavy atom. The standard InChI is InChI=1S/C16H20O6/c1-9(2)15(19)21-7-8-22-16(20)13-11-5-3-10(4-6-11)12(13)14(17)18/h3,5,10-13H,1,4,6-8H2,2H3,(H,17,18). The average Bonchev–Trinajstić information content (AvgIpc) is 2.50. The van der Waals surface area contributed by atoms with Gasteiger partial charge in [-0.3, -0.25) is 9.59 Å². The molecule has 0 radical (unpaired) electrons. The van der Waals surface area contributed by atoms with Gasteiger partial charge in [-0.25, -0.2) is 4.79 Å². The fraction of sp³-hybridized carbons (Fsp3) is 0.562. The minimum absolute atomic E-state index is 0.0637. The van der Waals surface area contributed by atoms with Gasteiger partial charge in [0, 0.05) is 5.57 Å². The molecule has 1 fully saturated rings. The van der Waals surface area contributed by atoms with Gasteiger partial charge in [0.2, 0.25) is 0 Å². The van der Waals surface area contributed by atoms with Crippen molar-refractivity contribution in [2.75, 3.05) is 13.2 Å². The highest BCUT2D eigenvalue weighted by Gasteiger charge is 2.48. The minimum atomic E-state index is -0.963. The van der Waals surface area contributed by atoms with Crippen molar-refractivity contribution in [2.24, 2.45) is 23.7 Å². The van der Waals surface area contributed by atoms with Crippen molar-refractivity contribution in [3.63, 3.8) is 0 Å². The Morgan fingerprint density at radius 2 is 1.64 bits per heavy atom. The second kappa shape index (κ2) is 6.77. The van der Waals surface area contributed by atoms with Gasteiger partial charge in [-0.2, -0.15) is 0 Å². The zero-order valence-corrected chi connectivity index (χ0v) is 12.5. The van der Waals surface area contributed by atoms with Gasteiger partial charge in [0.25, 0.3) is 0 Å². The largest absolute Gasteiger partial charge is 0.481 e. The number of ether oxygens (including phenoxy) is 2. The van der Waals surface area contributed by atoms with Gasteiger partial charge in [-0.05, 0) is 31.6 Å². The number of hydrogen-bond donors (Lipinski definition) is 1. The summed E-state index contributed by atoms with van der Waals surface area (Å²) >= 11 is 0. The first-order valence-electron chi connectivity index (χ1n) is 7.32. The molecule has 0 aromatic heterocycles. The van der Waals surface area contributed by atoms with Crippen LogP contribution in [-0.4, -0.2) is 36.2 Å². The van der Waals surface area contributed by atoms with Crippen molar-refractivity contribution in [2.45, 2.75) is 19.8 Å². The van der Waals surface area contributed by atoms with Gasteiger partial charge in [0.15, 0.2) is 0 Å². The molecule has 0 saturated heterocycles. The number of hydrogen-bond acceptors (Lipinski definition) is 5. The van der Waals surface area contributed by atoms with Crippen molar-refractivity contribution in [1.82, 2.24) is 0 Å². The van der Waals surface area contributed by atoms with Crippen molar-refractivity contribution in [1.29, 1.82) is 0 Å². The summed E-state index contributed by atoms with van der Waals surface area (Å²) in [4.78, 5) is 34.8. The predicted octanol–water partition coefficient (Wildman–Crippen LogP) is 1.56. The molecule has 2 bridgehead atoms. The highest BCUT2D eigenvalue weighted by molar-refractivity contribution is 5.87. The van der Waals surface area contributed by atoms with E-state index in [-0.39, 0.29) is 30.6 Å². The number of carboxylic acid groups (broad SMARTS) is 1. The number of carbonyl (C=O) groups is 3. The van der Waals surface area contributed by atoms with Gasteiger partial charge >= 0.3 is 17.9 Å². The first-order valence-corrected chi connectivity index (χ1v) is 7.32. The second-order valence-corrected chi connectivity index (χ2v) is 5.76. The van der Waals surface area contributed by atoms with Crippen LogP contribution in [0.1, 0.15) is 19.8 Å². The molecular formula is C16H20O6. The maximum Gasteiger partial charge on any atom is 0.333 e. The van der Waals surface area contributed by atoms with Crippen LogP contribution >= 0.6 is 0 Å². The molecule has 4 atom stereocenters. The van der Waals surface area contributed by atoms with Crippen LogP contribution in [0.15, 0.2) is 24.3 Å². The Hall–Kier alpha value is -2.11. The van der Waals surface area contributed by atoms with Gasteiger partial charge in [-0.15, -0.1) is 0 Å². The minimum Gasteiger partial charge on any atom is -0.481 e. The van der Waals surface area contributed by atoms with Gasteiger partial charge in [0.1, 0.15) is 13.2 Å². The van der Waals surface area contributed by atoms with Crippen LogP contribution < -0.4 is 0 Å². The number of carbonyl (C=O) groups excluding carboxylic acids is 2. The number of carboxylic acids is 1. The van der Waals surface area contributed by atoms with Crippen molar-refractivity contribution in [3.05, 3.63) is 24.3 Å². The fourth-order valence-electron chi connectivity index (χ4n) is 3.15. The molecule has 0 amide bonds. The molecule has 0 aromatic rings. The molecular weight excluding hydrogens is 288 g/mol. The smallest absolute Gasteiger partial charge is 0.333 e. The lowest BCUT2D eigenvalue weighted by atomic mass is 9.62. The van der Waals surface area contributed by atoms with Crippen LogP contribution in [0.2, 0.25) is 0 Å². The van der Waals surface area contributed by atoms with Crippen molar-refractivity contribution >= 4 is 17.9 Å². The summed E-state index contributed by atoms with van der Waals surface area (Å²) in [6, 6.07) is 0. The van der Waals surface area contributed by atoms with Crippen LogP contribution in [0.4, 0.5) is 0 Å². The summed E-state index contributed by atoms with van der Waals surface area (Å²) in [5.41, 5.74) is 0.270. The van der Waals surface area contributed by atoms with E-state index in [4.69, 9.17) is 9.47 Å². The Balaban J connectivity index is 1.88. The van der Waals surface area contributed by atoms with E-state index in [1.807, 2.05) is 12.2 Å². The number of rotatable bonds is 6. The predicted molar refractivity (Wildman–Crippen MR) is 76.7 cm³/mol. The van der Waals surface area contributed by atoms with Crippen LogP contribution in [0.5, 0.6) is 0 Å².